The standard InChI is InChI=1S/C35H29F6NOS2/c1-43-26-14-10-24(11-15-26)13-17-28-19-21-30(45(28,4)5)32-31(33(36,37)35(40,41)34(32,38)39)29-20-18-27(44(29,2)3)16-12-23-6-8-25(22-42)9-7-23/h6-11,13-15,17-21H,1-5H3/b17-13+. The molecule has 2 nitrogen and oxygen atoms in total. The van der Waals surface area contributed by atoms with Gasteiger partial charge < -0.3 is 4.74 Å². The maximum atomic E-state index is 15.8. The molecule has 1 aliphatic carbocycles. The highest BCUT2D eigenvalue weighted by Crippen LogP contribution is 2.74. The molecular formula is C35H29F6NOS2. The van der Waals surface area contributed by atoms with E-state index in [0.29, 0.717) is 26.7 Å². The summed E-state index contributed by atoms with van der Waals surface area (Å²) >= 11 is 0. The minimum atomic E-state index is -5.64. The van der Waals surface area contributed by atoms with Gasteiger partial charge in [0.2, 0.25) is 0 Å². The van der Waals surface area contributed by atoms with Crippen molar-refractivity contribution in [3.8, 4) is 23.7 Å². The number of methoxy groups -OCH3 is 1. The van der Waals surface area contributed by atoms with Gasteiger partial charge in [0.05, 0.1) is 29.9 Å². The molecule has 0 bridgehead atoms. The number of halogens is 6. The lowest BCUT2D eigenvalue weighted by molar-refractivity contribution is -0.263. The SMILES string of the molecule is COc1ccc(/C=C/C2=CC=C(C3=C(C4=CC=C(C#Cc5ccc(C#N)cc5)S4(C)C)C(F)(F)C(F)(F)C3(F)F)S2(C)C)cc1. The van der Waals surface area contributed by atoms with Crippen molar-refractivity contribution in [3.63, 3.8) is 0 Å². The maximum absolute atomic E-state index is 15.8. The van der Waals surface area contributed by atoms with Gasteiger partial charge in [-0.3, -0.25) is 0 Å². The Morgan fingerprint density at radius 1 is 0.667 bits per heavy atom. The summed E-state index contributed by atoms with van der Waals surface area (Å²) in [6.45, 7) is 0. The van der Waals surface area contributed by atoms with Crippen LogP contribution in [0.2, 0.25) is 0 Å². The molecule has 0 atom stereocenters. The molecule has 10 heteroatoms. The van der Waals surface area contributed by atoms with Gasteiger partial charge in [0, 0.05) is 20.3 Å². The molecule has 45 heavy (non-hydrogen) atoms. The molecule has 0 fully saturated rings. The van der Waals surface area contributed by atoms with E-state index in [2.05, 4.69) is 11.8 Å². The minimum Gasteiger partial charge on any atom is -0.497 e. The van der Waals surface area contributed by atoms with Crippen LogP contribution in [0.25, 0.3) is 6.08 Å². The Morgan fingerprint density at radius 2 is 1.20 bits per heavy atom. The van der Waals surface area contributed by atoms with Crippen LogP contribution in [0.5, 0.6) is 5.75 Å². The summed E-state index contributed by atoms with van der Waals surface area (Å²) in [6.07, 6.45) is 15.4. The molecule has 2 aromatic carbocycles. The van der Waals surface area contributed by atoms with Gasteiger partial charge in [0.25, 0.3) is 0 Å². The van der Waals surface area contributed by atoms with Crippen molar-refractivity contribution in [3.05, 3.63) is 126 Å². The molecule has 5 rings (SSSR count). The fraction of sp³-hybridized carbons (Fsp3) is 0.229. The second-order valence-corrected chi connectivity index (χ2v) is 18.4. The predicted octanol–water partition coefficient (Wildman–Crippen LogP) is 9.54. The zero-order valence-corrected chi connectivity index (χ0v) is 26.7. The molecule has 234 valence electrons. The molecule has 0 N–H and O–H groups in total. The maximum Gasteiger partial charge on any atom is 0.380 e. The summed E-state index contributed by atoms with van der Waals surface area (Å²) in [5.41, 5.74) is -0.856. The molecule has 0 saturated heterocycles. The summed E-state index contributed by atoms with van der Waals surface area (Å²) in [5, 5.41) is 9.00. The summed E-state index contributed by atoms with van der Waals surface area (Å²) in [7, 11) is -3.37. The summed E-state index contributed by atoms with van der Waals surface area (Å²) in [4.78, 5) is 0.508. The van der Waals surface area contributed by atoms with Crippen LogP contribution in [0.4, 0.5) is 26.3 Å². The Bertz CT molecular complexity index is 1860. The van der Waals surface area contributed by atoms with Crippen LogP contribution >= 0.6 is 20.1 Å². The third kappa shape index (κ3) is 5.14. The van der Waals surface area contributed by atoms with Crippen LogP contribution in [0, 0.1) is 23.2 Å². The predicted molar refractivity (Wildman–Crippen MR) is 173 cm³/mol. The van der Waals surface area contributed by atoms with Gasteiger partial charge in [0.1, 0.15) is 5.75 Å². The van der Waals surface area contributed by atoms with E-state index >= 15 is 26.3 Å². The summed E-state index contributed by atoms with van der Waals surface area (Å²) in [5.74, 6) is -9.42. The summed E-state index contributed by atoms with van der Waals surface area (Å²) in [6, 6.07) is 15.5. The zero-order valence-electron chi connectivity index (χ0n) is 25.0. The van der Waals surface area contributed by atoms with E-state index in [-0.39, 0.29) is 9.81 Å². The molecule has 0 saturated carbocycles. The van der Waals surface area contributed by atoms with Gasteiger partial charge in [-0.15, -0.1) is 0 Å². The zero-order chi connectivity index (χ0) is 33.0. The third-order valence-corrected chi connectivity index (χ3v) is 13.8. The molecule has 0 amide bonds. The first kappa shape index (κ1) is 32.4. The lowest BCUT2D eigenvalue weighted by Gasteiger charge is -2.36. The highest BCUT2D eigenvalue weighted by molar-refractivity contribution is 8.39. The van der Waals surface area contributed by atoms with Gasteiger partial charge in [0.15, 0.2) is 0 Å². The number of rotatable bonds is 5. The molecule has 0 radical (unpaired) electrons. The topological polar surface area (TPSA) is 33.0 Å². The van der Waals surface area contributed by atoms with E-state index in [0.717, 1.165) is 5.56 Å². The van der Waals surface area contributed by atoms with Gasteiger partial charge >= 0.3 is 17.8 Å². The Morgan fingerprint density at radius 3 is 1.76 bits per heavy atom. The van der Waals surface area contributed by atoms with Crippen molar-refractivity contribution in [1.82, 2.24) is 0 Å². The lowest BCUT2D eigenvalue weighted by atomic mass is 10.1. The number of hydrogen-bond acceptors (Lipinski definition) is 2. The first-order valence-electron chi connectivity index (χ1n) is 13.5. The Balaban J connectivity index is 1.54. The molecule has 3 aliphatic rings. The summed E-state index contributed by atoms with van der Waals surface area (Å²) < 4.78 is 98.5. The van der Waals surface area contributed by atoms with Crippen molar-refractivity contribution < 1.29 is 31.1 Å². The molecule has 0 unspecified atom stereocenters. The van der Waals surface area contributed by atoms with E-state index < -0.39 is 49.0 Å². The van der Waals surface area contributed by atoms with Crippen LogP contribution in [-0.4, -0.2) is 49.9 Å². The van der Waals surface area contributed by atoms with Crippen LogP contribution in [-0.2, 0) is 0 Å². The average molecular weight is 658 g/mol. The largest absolute Gasteiger partial charge is 0.497 e. The first-order valence-corrected chi connectivity index (χ1v) is 18.4. The van der Waals surface area contributed by atoms with Crippen LogP contribution in [0.3, 0.4) is 0 Å². The van der Waals surface area contributed by atoms with Crippen molar-refractivity contribution in [2.75, 3.05) is 32.1 Å². The quantitative estimate of drug-likeness (QED) is 0.237. The van der Waals surface area contributed by atoms with Crippen molar-refractivity contribution >= 4 is 26.1 Å². The molecule has 0 spiro atoms. The normalized spacial score (nSPS) is 23.2. The van der Waals surface area contributed by atoms with E-state index in [1.54, 1.807) is 85.7 Å². The molecular weight excluding hydrogens is 629 g/mol. The second kappa shape index (κ2) is 11.1. The number of nitrogens with zero attached hydrogens (tertiary/aromatic N) is 1. The number of ether oxygens (including phenoxy) is 1. The van der Waals surface area contributed by atoms with E-state index in [9.17, 15) is 0 Å². The lowest BCUT2D eigenvalue weighted by Crippen LogP contribution is -2.49. The monoisotopic (exact) mass is 657 g/mol. The van der Waals surface area contributed by atoms with Crippen LogP contribution < -0.4 is 4.74 Å². The smallest absolute Gasteiger partial charge is 0.380 e. The van der Waals surface area contributed by atoms with Gasteiger partial charge in [-0.2, -0.15) is 51.7 Å². The highest BCUT2D eigenvalue weighted by atomic mass is 32.3. The van der Waals surface area contributed by atoms with Crippen molar-refractivity contribution in [2.24, 2.45) is 0 Å². The van der Waals surface area contributed by atoms with Crippen molar-refractivity contribution in [2.45, 2.75) is 17.8 Å². The fourth-order valence-corrected chi connectivity index (χ4v) is 9.66. The number of nitriles is 1. The van der Waals surface area contributed by atoms with E-state index in [1.165, 1.54) is 31.4 Å². The Hall–Kier alpha value is -3.99. The third-order valence-electron chi connectivity index (χ3n) is 8.08. The molecule has 2 heterocycles. The first-order chi connectivity index (χ1) is 21.0. The molecule has 0 aromatic heterocycles. The second-order valence-electron chi connectivity index (χ2n) is 11.3. The fourth-order valence-electron chi connectivity index (χ4n) is 5.34. The van der Waals surface area contributed by atoms with Gasteiger partial charge in [-0.05, 0) is 102 Å². The van der Waals surface area contributed by atoms with Crippen LogP contribution in [0.1, 0.15) is 16.7 Å². The number of allylic oxidation sites excluding steroid dienone is 8. The minimum absolute atomic E-state index is 0.207. The van der Waals surface area contributed by atoms with E-state index in [1.807, 2.05) is 6.07 Å². The Kier molecular flexibility index (Phi) is 8.00. The number of benzene rings is 2. The van der Waals surface area contributed by atoms with Gasteiger partial charge in [-0.25, -0.2) is 0 Å². The van der Waals surface area contributed by atoms with Crippen molar-refractivity contribution in [1.29, 1.82) is 5.26 Å². The van der Waals surface area contributed by atoms with E-state index in [4.69, 9.17) is 10.00 Å². The number of alkyl halides is 6. The van der Waals surface area contributed by atoms with Gasteiger partial charge in [-0.1, -0.05) is 30.0 Å². The highest BCUT2D eigenvalue weighted by Gasteiger charge is 2.81. The average Bonchev–Trinajstić information content (AvgIpc) is 3.48. The molecule has 2 aliphatic heterocycles. The van der Waals surface area contributed by atoms with Crippen LogP contribution in [0.15, 0.2) is 110 Å². The molecule has 2 aromatic rings. The number of hydrogen-bond donors (Lipinski definition) is 0. The Labute approximate surface area is 261 Å².